The summed E-state index contributed by atoms with van der Waals surface area (Å²) in [4.78, 5) is 23.4. The molecule has 0 aliphatic carbocycles. The SMILES string of the molecule is CC(C)N1CCC(OCS(=O)(=O)c2cnc3[nH]c(C(=O)N4CCC(F)(F)CC4)cc3c2)CC1. The van der Waals surface area contributed by atoms with Gasteiger partial charge >= 0.3 is 0 Å². The highest BCUT2D eigenvalue weighted by Crippen LogP contribution is 2.29. The zero-order valence-electron chi connectivity index (χ0n) is 18.9. The number of rotatable bonds is 6. The lowest BCUT2D eigenvalue weighted by molar-refractivity contribution is -0.0495. The maximum atomic E-state index is 13.4. The maximum absolute atomic E-state index is 13.4. The van der Waals surface area contributed by atoms with Gasteiger partial charge in [0.25, 0.3) is 11.8 Å². The van der Waals surface area contributed by atoms with Crippen molar-refractivity contribution in [2.24, 2.45) is 0 Å². The number of halogens is 2. The molecule has 1 amide bonds. The molecule has 2 aliphatic heterocycles. The number of amides is 1. The number of fused-ring (bicyclic) bond motifs is 1. The molecule has 2 fully saturated rings. The van der Waals surface area contributed by atoms with E-state index in [1.807, 2.05) is 0 Å². The normalized spacial score (nSPS) is 20.6. The number of hydrogen-bond donors (Lipinski definition) is 1. The van der Waals surface area contributed by atoms with Crippen LogP contribution < -0.4 is 0 Å². The van der Waals surface area contributed by atoms with Crippen LogP contribution in [0.5, 0.6) is 0 Å². The van der Waals surface area contributed by atoms with Gasteiger partial charge in [-0.3, -0.25) is 4.79 Å². The number of carbonyl (C=O) groups is 1. The van der Waals surface area contributed by atoms with Gasteiger partial charge in [0.15, 0.2) is 5.94 Å². The van der Waals surface area contributed by atoms with Gasteiger partial charge in [0.2, 0.25) is 9.84 Å². The molecule has 11 heteroatoms. The van der Waals surface area contributed by atoms with Crippen LogP contribution in [0.25, 0.3) is 11.0 Å². The van der Waals surface area contributed by atoms with Gasteiger partial charge in [-0.25, -0.2) is 22.2 Å². The van der Waals surface area contributed by atoms with Crippen LogP contribution in [-0.2, 0) is 14.6 Å². The summed E-state index contributed by atoms with van der Waals surface area (Å²) in [6.07, 6.45) is 1.99. The molecule has 2 aliphatic rings. The highest BCUT2D eigenvalue weighted by Gasteiger charge is 2.36. The number of likely N-dealkylation sites (tertiary alicyclic amines) is 2. The van der Waals surface area contributed by atoms with Crippen LogP contribution in [0.15, 0.2) is 23.2 Å². The number of nitrogens with zero attached hydrogens (tertiary/aromatic N) is 3. The molecule has 2 aromatic rings. The minimum Gasteiger partial charge on any atom is -0.362 e. The Hall–Kier alpha value is -2.11. The van der Waals surface area contributed by atoms with Crippen molar-refractivity contribution in [2.45, 2.75) is 62.5 Å². The van der Waals surface area contributed by atoms with E-state index in [9.17, 15) is 22.0 Å². The van der Waals surface area contributed by atoms with E-state index in [0.717, 1.165) is 25.9 Å². The molecular formula is C22H30F2N4O4S. The number of alkyl halides is 2. The summed E-state index contributed by atoms with van der Waals surface area (Å²) in [6.45, 7) is 5.98. The third-order valence-corrected chi connectivity index (χ3v) is 7.87. The molecule has 8 nitrogen and oxygen atoms in total. The smallest absolute Gasteiger partial charge is 0.270 e. The summed E-state index contributed by atoms with van der Waals surface area (Å²) in [5.74, 6) is -3.57. The zero-order valence-corrected chi connectivity index (χ0v) is 19.7. The number of ether oxygens (including phenoxy) is 1. The molecular weight excluding hydrogens is 454 g/mol. The molecule has 0 aromatic carbocycles. The standard InChI is InChI=1S/C22H30F2N4O4S/c1-15(2)27-7-3-17(4-8-27)32-14-33(30,31)18-11-16-12-19(26-20(16)25-13-18)21(29)28-9-5-22(23,24)6-10-28/h11-13,15,17H,3-10,14H2,1-2H3,(H,25,26). The number of hydrogen-bond acceptors (Lipinski definition) is 6. The van der Waals surface area contributed by atoms with Crippen molar-refractivity contribution in [2.75, 3.05) is 32.1 Å². The van der Waals surface area contributed by atoms with Crippen molar-refractivity contribution in [3.8, 4) is 0 Å². The molecule has 0 unspecified atom stereocenters. The molecule has 0 atom stereocenters. The summed E-state index contributed by atoms with van der Waals surface area (Å²) < 4.78 is 58.1. The summed E-state index contributed by atoms with van der Waals surface area (Å²) >= 11 is 0. The highest BCUT2D eigenvalue weighted by atomic mass is 32.2. The molecule has 33 heavy (non-hydrogen) atoms. The third-order valence-electron chi connectivity index (χ3n) is 6.48. The van der Waals surface area contributed by atoms with Gasteiger partial charge in [0, 0.05) is 56.6 Å². The maximum Gasteiger partial charge on any atom is 0.270 e. The molecule has 0 bridgehead atoms. The van der Waals surface area contributed by atoms with Crippen LogP contribution in [0.1, 0.15) is 50.0 Å². The van der Waals surface area contributed by atoms with Crippen molar-refractivity contribution >= 4 is 26.8 Å². The number of H-pyrrole nitrogens is 1. The first-order valence-corrected chi connectivity index (χ1v) is 12.9. The fraction of sp³-hybridized carbons (Fsp3) is 0.636. The van der Waals surface area contributed by atoms with Gasteiger partial charge in [-0.1, -0.05) is 0 Å². The van der Waals surface area contributed by atoms with Crippen molar-refractivity contribution in [3.05, 3.63) is 24.0 Å². The van der Waals surface area contributed by atoms with Crippen LogP contribution in [0, 0.1) is 0 Å². The van der Waals surface area contributed by atoms with E-state index < -0.39 is 27.6 Å². The van der Waals surface area contributed by atoms with E-state index in [0.29, 0.717) is 17.1 Å². The zero-order chi connectivity index (χ0) is 23.8. The number of piperidine rings is 2. The van der Waals surface area contributed by atoms with Crippen molar-refractivity contribution in [1.29, 1.82) is 0 Å². The van der Waals surface area contributed by atoms with Crippen LogP contribution in [-0.4, -0.2) is 84.3 Å². The van der Waals surface area contributed by atoms with E-state index >= 15 is 0 Å². The molecule has 1 N–H and O–H groups in total. The van der Waals surface area contributed by atoms with Gasteiger partial charge in [-0.2, -0.15) is 0 Å². The summed E-state index contributed by atoms with van der Waals surface area (Å²) in [5, 5.41) is 0.465. The Labute approximate surface area is 192 Å². The number of aromatic nitrogens is 2. The molecule has 2 aromatic heterocycles. The fourth-order valence-electron chi connectivity index (χ4n) is 4.30. The van der Waals surface area contributed by atoms with Gasteiger partial charge in [-0.05, 0) is 38.8 Å². The lowest BCUT2D eigenvalue weighted by atomic mass is 10.1. The largest absolute Gasteiger partial charge is 0.362 e. The molecule has 0 radical (unpaired) electrons. The Kier molecular flexibility index (Phi) is 6.75. The topological polar surface area (TPSA) is 95.6 Å². The van der Waals surface area contributed by atoms with Crippen molar-refractivity contribution < 1.29 is 26.7 Å². The minimum absolute atomic E-state index is 0.0187. The number of nitrogens with one attached hydrogen (secondary N) is 1. The van der Waals surface area contributed by atoms with Gasteiger partial charge in [-0.15, -0.1) is 0 Å². The van der Waals surface area contributed by atoms with Crippen LogP contribution in [0.3, 0.4) is 0 Å². The second kappa shape index (κ2) is 9.27. The van der Waals surface area contributed by atoms with Crippen LogP contribution >= 0.6 is 0 Å². The van der Waals surface area contributed by atoms with Gasteiger partial charge in [0.05, 0.1) is 11.0 Å². The molecule has 0 saturated carbocycles. The average molecular weight is 485 g/mol. The fourth-order valence-corrected chi connectivity index (χ4v) is 5.33. The van der Waals surface area contributed by atoms with E-state index in [-0.39, 0.29) is 42.6 Å². The third kappa shape index (κ3) is 5.52. The number of carbonyl (C=O) groups excluding carboxylic acids is 1. The minimum atomic E-state index is -3.72. The predicted molar refractivity (Wildman–Crippen MR) is 119 cm³/mol. The molecule has 2 saturated heterocycles. The average Bonchev–Trinajstić information content (AvgIpc) is 3.21. The summed E-state index contributed by atoms with van der Waals surface area (Å²) in [5.41, 5.74) is 0.562. The van der Waals surface area contributed by atoms with E-state index in [1.54, 1.807) is 0 Å². The Morgan fingerprint density at radius 2 is 1.88 bits per heavy atom. The van der Waals surface area contributed by atoms with Crippen LogP contribution in [0.2, 0.25) is 0 Å². The summed E-state index contributed by atoms with van der Waals surface area (Å²) in [6, 6.07) is 3.43. The predicted octanol–water partition coefficient (Wildman–Crippen LogP) is 3.05. The first kappa shape index (κ1) is 24.0. The highest BCUT2D eigenvalue weighted by molar-refractivity contribution is 7.91. The molecule has 4 rings (SSSR count). The van der Waals surface area contributed by atoms with Crippen LogP contribution in [0.4, 0.5) is 8.78 Å². The van der Waals surface area contributed by atoms with E-state index in [1.165, 1.54) is 23.2 Å². The Morgan fingerprint density at radius 3 is 2.52 bits per heavy atom. The van der Waals surface area contributed by atoms with E-state index in [2.05, 4.69) is 28.7 Å². The Morgan fingerprint density at radius 1 is 1.21 bits per heavy atom. The molecule has 182 valence electrons. The van der Waals surface area contributed by atoms with Gasteiger partial charge in [0.1, 0.15) is 11.3 Å². The number of aromatic amines is 1. The summed E-state index contributed by atoms with van der Waals surface area (Å²) in [7, 11) is -3.72. The lowest BCUT2D eigenvalue weighted by Crippen LogP contribution is -2.42. The van der Waals surface area contributed by atoms with Crippen molar-refractivity contribution in [3.63, 3.8) is 0 Å². The first-order valence-electron chi connectivity index (χ1n) is 11.3. The first-order chi connectivity index (χ1) is 15.5. The Bertz CT molecular complexity index is 1100. The van der Waals surface area contributed by atoms with Crippen molar-refractivity contribution in [1.82, 2.24) is 19.8 Å². The molecule has 4 heterocycles. The second-order valence-corrected chi connectivity index (χ2v) is 11.1. The lowest BCUT2D eigenvalue weighted by Gasteiger charge is -2.34. The van der Waals surface area contributed by atoms with Gasteiger partial charge < -0.3 is 19.5 Å². The molecule has 0 spiro atoms. The second-order valence-electron chi connectivity index (χ2n) is 9.17. The Balaban J connectivity index is 1.41. The number of sulfone groups is 1. The number of pyridine rings is 1. The van der Waals surface area contributed by atoms with E-state index in [4.69, 9.17) is 4.74 Å². The monoisotopic (exact) mass is 484 g/mol. The quantitative estimate of drug-likeness (QED) is 0.677.